The number of aliphatic hydroxyl groups is 1. The van der Waals surface area contributed by atoms with E-state index in [0.29, 0.717) is 5.75 Å². The molecule has 0 aliphatic rings. The quantitative estimate of drug-likeness (QED) is 0.903. The molecule has 1 atom stereocenters. The van der Waals surface area contributed by atoms with Crippen molar-refractivity contribution in [2.45, 2.75) is 13.8 Å². The van der Waals surface area contributed by atoms with Crippen molar-refractivity contribution in [3.8, 4) is 5.75 Å². The molecule has 5 heteroatoms. The van der Waals surface area contributed by atoms with Gasteiger partial charge in [-0.2, -0.15) is 0 Å². The summed E-state index contributed by atoms with van der Waals surface area (Å²) in [5.41, 5.74) is 0.761. The van der Waals surface area contributed by atoms with E-state index in [-0.39, 0.29) is 24.3 Å². The predicted octanol–water partition coefficient (Wildman–Crippen LogP) is 2.69. The van der Waals surface area contributed by atoms with Crippen LogP contribution < -0.4 is 9.64 Å². The molecular formula is C14H20BrNO3. The van der Waals surface area contributed by atoms with Crippen LogP contribution in [-0.4, -0.2) is 31.8 Å². The van der Waals surface area contributed by atoms with Gasteiger partial charge in [-0.25, -0.2) is 0 Å². The number of amides is 1. The van der Waals surface area contributed by atoms with Crippen LogP contribution in [0, 0.1) is 11.8 Å². The Morgan fingerprint density at radius 3 is 2.53 bits per heavy atom. The summed E-state index contributed by atoms with van der Waals surface area (Å²) in [4.78, 5) is 13.9. The molecule has 0 aliphatic heterocycles. The van der Waals surface area contributed by atoms with Gasteiger partial charge < -0.3 is 14.7 Å². The number of ether oxygens (including phenoxy) is 1. The molecule has 0 spiro atoms. The fraction of sp³-hybridized carbons (Fsp3) is 0.500. The van der Waals surface area contributed by atoms with Gasteiger partial charge in [0, 0.05) is 12.7 Å². The number of hydrogen-bond acceptors (Lipinski definition) is 3. The normalized spacial score (nSPS) is 12.4. The molecule has 1 rings (SSSR count). The summed E-state index contributed by atoms with van der Waals surface area (Å²) in [5, 5.41) is 9.32. The molecule has 4 nitrogen and oxygen atoms in total. The maximum atomic E-state index is 12.3. The van der Waals surface area contributed by atoms with E-state index in [0.717, 1.165) is 10.2 Å². The molecule has 1 unspecified atom stereocenters. The van der Waals surface area contributed by atoms with Crippen LogP contribution in [0.5, 0.6) is 5.75 Å². The second-order valence-corrected chi connectivity index (χ2v) is 5.60. The molecule has 1 amide bonds. The van der Waals surface area contributed by atoms with Crippen molar-refractivity contribution in [2.75, 3.05) is 25.7 Å². The van der Waals surface area contributed by atoms with Gasteiger partial charge in [0.25, 0.3) is 0 Å². The van der Waals surface area contributed by atoms with E-state index >= 15 is 0 Å². The second kappa shape index (κ2) is 6.91. The number of anilines is 1. The molecule has 1 N–H and O–H groups in total. The van der Waals surface area contributed by atoms with Gasteiger partial charge in [-0.1, -0.05) is 13.8 Å². The Hall–Kier alpha value is -1.07. The van der Waals surface area contributed by atoms with Crippen molar-refractivity contribution in [3.63, 3.8) is 0 Å². The molecule has 106 valence electrons. The smallest absolute Gasteiger partial charge is 0.232 e. The van der Waals surface area contributed by atoms with Crippen LogP contribution in [0.4, 0.5) is 5.69 Å². The maximum Gasteiger partial charge on any atom is 0.232 e. The number of carbonyl (C=O) groups excluding carboxylic acids is 1. The highest BCUT2D eigenvalue weighted by molar-refractivity contribution is 9.10. The van der Waals surface area contributed by atoms with E-state index in [1.54, 1.807) is 25.1 Å². The van der Waals surface area contributed by atoms with Crippen molar-refractivity contribution in [1.29, 1.82) is 0 Å². The summed E-state index contributed by atoms with van der Waals surface area (Å²) in [6, 6.07) is 5.44. The average Bonchev–Trinajstić information content (AvgIpc) is 2.37. The number of aliphatic hydroxyl groups excluding tert-OH is 1. The van der Waals surface area contributed by atoms with Gasteiger partial charge in [0.2, 0.25) is 5.91 Å². The third kappa shape index (κ3) is 3.70. The third-order valence-corrected chi connectivity index (χ3v) is 3.79. The minimum atomic E-state index is -0.383. The topological polar surface area (TPSA) is 49.8 Å². The third-order valence-electron chi connectivity index (χ3n) is 3.17. The van der Waals surface area contributed by atoms with Crippen LogP contribution in [0.3, 0.4) is 0 Å². The fourth-order valence-corrected chi connectivity index (χ4v) is 2.34. The van der Waals surface area contributed by atoms with Crippen LogP contribution in [0.25, 0.3) is 0 Å². The molecule has 0 aromatic heterocycles. The maximum absolute atomic E-state index is 12.3. The van der Waals surface area contributed by atoms with Gasteiger partial charge in [0.15, 0.2) is 0 Å². The number of halogens is 1. The van der Waals surface area contributed by atoms with Crippen LogP contribution in [0.2, 0.25) is 0 Å². The van der Waals surface area contributed by atoms with Crippen LogP contribution in [-0.2, 0) is 4.79 Å². The van der Waals surface area contributed by atoms with E-state index in [1.807, 2.05) is 26.0 Å². The number of rotatable bonds is 5. The van der Waals surface area contributed by atoms with E-state index in [1.165, 1.54) is 0 Å². The summed E-state index contributed by atoms with van der Waals surface area (Å²) in [7, 11) is 3.30. The zero-order valence-electron chi connectivity index (χ0n) is 11.7. The SMILES string of the molecule is COc1ccc(N(C)C(=O)C(CO)C(C)C)cc1Br. The highest BCUT2D eigenvalue weighted by Crippen LogP contribution is 2.30. The highest BCUT2D eigenvalue weighted by atomic mass is 79.9. The molecule has 19 heavy (non-hydrogen) atoms. The van der Waals surface area contributed by atoms with Crippen molar-refractivity contribution in [3.05, 3.63) is 22.7 Å². The Kier molecular flexibility index (Phi) is 5.82. The zero-order chi connectivity index (χ0) is 14.6. The largest absolute Gasteiger partial charge is 0.496 e. The van der Waals surface area contributed by atoms with E-state index in [2.05, 4.69) is 15.9 Å². The number of hydrogen-bond donors (Lipinski definition) is 1. The molecule has 1 aromatic rings. The van der Waals surface area contributed by atoms with Crippen molar-refractivity contribution < 1.29 is 14.6 Å². The highest BCUT2D eigenvalue weighted by Gasteiger charge is 2.25. The van der Waals surface area contributed by atoms with Crippen molar-refractivity contribution >= 4 is 27.5 Å². The molecule has 0 fully saturated rings. The molecule has 1 aromatic carbocycles. The Bertz CT molecular complexity index is 448. The zero-order valence-corrected chi connectivity index (χ0v) is 13.3. The van der Waals surface area contributed by atoms with E-state index in [9.17, 15) is 9.90 Å². The lowest BCUT2D eigenvalue weighted by molar-refractivity contribution is -0.124. The summed E-state index contributed by atoms with van der Waals surface area (Å²) in [5.74, 6) is 0.342. The van der Waals surface area contributed by atoms with Gasteiger partial charge in [-0.15, -0.1) is 0 Å². The van der Waals surface area contributed by atoms with Crippen LogP contribution in [0.1, 0.15) is 13.8 Å². The van der Waals surface area contributed by atoms with Gasteiger partial charge in [-0.05, 0) is 40.0 Å². The predicted molar refractivity (Wildman–Crippen MR) is 79.5 cm³/mol. The average molecular weight is 330 g/mol. The Morgan fingerprint density at radius 1 is 1.47 bits per heavy atom. The Balaban J connectivity index is 2.96. The minimum Gasteiger partial charge on any atom is -0.496 e. The molecule has 0 saturated heterocycles. The van der Waals surface area contributed by atoms with Gasteiger partial charge in [-0.3, -0.25) is 4.79 Å². The van der Waals surface area contributed by atoms with Gasteiger partial charge in [0.1, 0.15) is 5.75 Å². The van der Waals surface area contributed by atoms with E-state index < -0.39 is 0 Å². The molecular weight excluding hydrogens is 310 g/mol. The number of carbonyl (C=O) groups is 1. The van der Waals surface area contributed by atoms with Crippen molar-refractivity contribution in [2.24, 2.45) is 11.8 Å². The number of methoxy groups -OCH3 is 1. The molecule has 0 saturated carbocycles. The monoisotopic (exact) mass is 329 g/mol. The lowest BCUT2D eigenvalue weighted by atomic mass is 9.95. The first-order chi connectivity index (χ1) is 8.92. The van der Waals surface area contributed by atoms with Crippen LogP contribution in [0.15, 0.2) is 22.7 Å². The first kappa shape index (κ1) is 16.0. The fourth-order valence-electron chi connectivity index (χ4n) is 1.81. The van der Waals surface area contributed by atoms with Gasteiger partial charge >= 0.3 is 0 Å². The Morgan fingerprint density at radius 2 is 2.11 bits per heavy atom. The van der Waals surface area contributed by atoms with Crippen LogP contribution >= 0.6 is 15.9 Å². The summed E-state index contributed by atoms with van der Waals surface area (Å²) >= 11 is 3.40. The number of benzene rings is 1. The minimum absolute atomic E-state index is 0.0884. The number of nitrogens with zero attached hydrogens (tertiary/aromatic N) is 1. The lowest BCUT2D eigenvalue weighted by Gasteiger charge is -2.25. The standard InChI is InChI=1S/C14H20BrNO3/c1-9(2)11(8-17)14(18)16(3)10-5-6-13(19-4)12(15)7-10/h5-7,9,11,17H,8H2,1-4H3. The van der Waals surface area contributed by atoms with E-state index in [4.69, 9.17) is 4.74 Å². The Labute approximate surface area is 122 Å². The molecule has 0 radical (unpaired) electrons. The molecule has 0 aliphatic carbocycles. The summed E-state index contributed by atoms with van der Waals surface area (Å²) in [6.07, 6.45) is 0. The van der Waals surface area contributed by atoms with Crippen molar-refractivity contribution in [1.82, 2.24) is 0 Å². The lowest BCUT2D eigenvalue weighted by Crippen LogP contribution is -2.37. The summed E-state index contributed by atoms with van der Waals surface area (Å²) < 4.78 is 5.95. The molecule has 0 heterocycles. The molecule has 0 bridgehead atoms. The second-order valence-electron chi connectivity index (χ2n) is 4.75. The first-order valence-electron chi connectivity index (χ1n) is 6.14. The van der Waals surface area contributed by atoms with Gasteiger partial charge in [0.05, 0.1) is 24.1 Å². The first-order valence-corrected chi connectivity index (χ1v) is 6.93. The summed E-state index contributed by atoms with van der Waals surface area (Å²) in [6.45, 7) is 3.71.